The van der Waals surface area contributed by atoms with Crippen molar-refractivity contribution in [3.63, 3.8) is 0 Å². The fourth-order valence-electron chi connectivity index (χ4n) is 1.92. The molecule has 0 atom stereocenters. The number of primary amides is 1. The van der Waals surface area contributed by atoms with Gasteiger partial charge in [-0.25, -0.2) is 0 Å². The van der Waals surface area contributed by atoms with E-state index in [1.54, 1.807) is 42.5 Å². The second-order valence-electron chi connectivity index (χ2n) is 4.60. The van der Waals surface area contributed by atoms with Gasteiger partial charge in [0.15, 0.2) is 0 Å². The van der Waals surface area contributed by atoms with Crippen molar-refractivity contribution in [2.24, 2.45) is 5.73 Å². The number of nitriles is 1. The Labute approximate surface area is 133 Å². The fourth-order valence-corrected chi connectivity index (χ4v) is 2.04. The van der Waals surface area contributed by atoms with Crippen molar-refractivity contribution < 1.29 is 4.79 Å². The van der Waals surface area contributed by atoms with Crippen molar-refractivity contribution in [2.75, 3.05) is 5.32 Å². The minimum absolute atomic E-state index is 0.343. The molecule has 0 heterocycles. The lowest BCUT2D eigenvalue weighted by Crippen LogP contribution is -2.14. The molecule has 0 spiro atoms. The van der Waals surface area contributed by atoms with Crippen LogP contribution in [0.15, 0.2) is 60.3 Å². The van der Waals surface area contributed by atoms with Crippen LogP contribution in [0.4, 0.5) is 5.69 Å². The van der Waals surface area contributed by atoms with E-state index < -0.39 is 5.91 Å². The van der Waals surface area contributed by atoms with Crippen LogP contribution in [0.3, 0.4) is 0 Å². The lowest BCUT2D eigenvalue weighted by atomic mass is 10.1. The number of hydrogen-bond donors (Lipinski definition) is 2. The third-order valence-corrected chi connectivity index (χ3v) is 3.29. The number of carbonyl (C=O) groups excluding carboxylic acids is 1. The molecule has 3 N–H and O–H groups in total. The number of amides is 1. The molecule has 0 bridgehead atoms. The van der Waals surface area contributed by atoms with Gasteiger partial charge in [0.25, 0.3) is 5.91 Å². The van der Waals surface area contributed by atoms with E-state index in [-0.39, 0.29) is 0 Å². The lowest BCUT2D eigenvalue weighted by Gasteiger charge is -2.08. The monoisotopic (exact) mass is 311 g/mol. The quantitative estimate of drug-likeness (QED) is 0.829. The Bertz CT molecular complexity index is 745. The predicted molar refractivity (Wildman–Crippen MR) is 87.4 cm³/mol. The van der Waals surface area contributed by atoms with Gasteiger partial charge in [0.1, 0.15) is 11.8 Å². The molecule has 2 rings (SSSR count). The van der Waals surface area contributed by atoms with Gasteiger partial charge in [-0.2, -0.15) is 5.26 Å². The highest BCUT2D eigenvalue weighted by Crippen LogP contribution is 2.17. The van der Waals surface area contributed by atoms with Crippen molar-refractivity contribution in [1.82, 2.24) is 0 Å². The molecule has 2 aromatic rings. The second-order valence-corrected chi connectivity index (χ2v) is 5.03. The van der Waals surface area contributed by atoms with Crippen molar-refractivity contribution in [2.45, 2.75) is 6.42 Å². The molecular weight excluding hydrogens is 298 g/mol. The van der Waals surface area contributed by atoms with Crippen molar-refractivity contribution in [1.29, 1.82) is 5.26 Å². The number of carbonyl (C=O) groups is 1. The Morgan fingerprint density at radius 3 is 2.55 bits per heavy atom. The van der Waals surface area contributed by atoms with E-state index in [9.17, 15) is 10.1 Å². The molecule has 0 aliphatic carbocycles. The number of anilines is 1. The van der Waals surface area contributed by atoms with Crippen LogP contribution in [0.2, 0.25) is 5.02 Å². The van der Waals surface area contributed by atoms with E-state index in [2.05, 4.69) is 11.4 Å². The van der Waals surface area contributed by atoms with Gasteiger partial charge in [-0.15, -0.1) is 0 Å². The molecule has 22 heavy (non-hydrogen) atoms. The average molecular weight is 312 g/mol. The molecule has 110 valence electrons. The number of allylic oxidation sites excluding steroid dienone is 2. The van der Waals surface area contributed by atoms with Crippen molar-refractivity contribution >= 4 is 23.2 Å². The molecule has 0 radical (unpaired) electrons. The van der Waals surface area contributed by atoms with Crippen LogP contribution in [0, 0.1) is 11.3 Å². The first-order valence-electron chi connectivity index (χ1n) is 6.60. The zero-order valence-corrected chi connectivity index (χ0v) is 12.5. The van der Waals surface area contributed by atoms with Crippen LogP contribution in [0.25, 0.3) is 0 Å². The number of nitrogens with one attached hydrogen (secondary N) is 1. The Kier molecular flexibility index (Phi) is 5.18. The topological polar surface area (TPSA) is 78.9 Å². The molecule has 0 saturated carbocycles. The highest BCUT2D eigenvalue weighted by molar-refractivity contribution is 6.30. The number of nitrogens with zero attached hydrogens (tertiary/aromatic N) is 1. The minimum atomic E-state index is -0.543. The number of nitrogens with two attached hydrogens (primary N) is 1. The third-order valence-electron chi connectivity index (χ3n) is 3.04. The molecule has 0 aliphatic rings. The van der Waals surface area contributed by atoms with Crippen LogP contribution >= 0.6 is 11.6 Å². The third kappa shape index (κ3) is 4.11. The van der Waals surface area contributed by atoms with Gasteiger partial charge in [0.05, 0.1) is 11.3 Å². The number of halogens is 1. The van der Waals surface area contributed by atoms with Crippen LogP contribution < -0.4 is 11.1 Å². The van der Waals surface area contributed by atoms with Crippen LogP contribution in [0.1, 0.15) is 15.9 Å². The van der Waals surface area contributed by atoms with E-state index in [0.29, 0.717) is 28.4 Å². The van der Waals surface area contributed by atoms with Crippen LogP contribution in [0.5, 0.6) is 0 Å². The van der Waals surface area contributed by atoms with E-state index in [4.69, 9.17) is 17.3 Å². The molecule has 0 fully saturated rings. The molecule has 5 heteroatoms. The van der Waals surface area contributed by atoms with Crippen molar-refractivity contribution in [3.8, 4) is 6.07 Å². The Morgan fingerprint density at radius 1 is 1.23 bits per heavy atom. The summed E-state index contributed by atoms with van der Waals surface area (Å²) in [4.78, 5) is 11.4. The smallest absolute Gasteiger partial charge is 0.250 e. The molecule has 0 saturated heterocycles. The lowest BCUT2D eigenvalue weighted by molar-refractivity contribution is 0.100. The zero-order chi connectivity index (χ0) is 15.9. The van der Waals surface area contributed by atoms with Gasteiger partial charge < -0.3 is 11.1 Å². The number of rotatable bonds is 5. The number of hydrogen-bond acceptors (Lipinski definition) is 3. The van der Waals surface area contributed by atoms with Crippen LogP contribution in [-0.2, 0) is 6.42 Å². The largest absolute Gasteiger partial charge is 0.366 e. The maximum atomic E-state index is 11.4. The fraction of sp³-hybridized carbons (Fsp3) is 0.0588. The number of benzene rings is 2. The molecule has 1 amide bonds. The first kappa shape index (κ1) is 15.6. The summed E-state index contributed by atoms with van der Waals surface area (Å²) in [5, 5.41) is 12.8. The highest BCUT2D eigenvalue weighted by atomic mass is 35.5. The Hall–Kier alpha value is -2.77. The maximum Gasteiger partial charge on any atom is 0.250 e. The van der Waals surface area contributed by atoms with E-state index in [1.165, 1.54) is 0 Å². The number of para-hydroxylation sites is 1. The molecule has 0 aliphatic heterocycles. The maximum absolute atomic E-state index is 11.4. The molecule has 0 aromatic heterocycles. The average Bonchev–Trinajstić information content (AvgIpc) is 2.53. The zero-order valence-electron chi connectivity index (χ0n) is 11.7. The molecular formula is C17H14ClN3O. The Morgan fingerprint density at radius 2 is 1.91 bits per heavy atom. The standard InChI is InChI=1S/C17H14ClN3O/c18-13-8-5-12(6-9-13)7-10-14(11-19)21-16-4-2-1-3-15(16)17(20)22/h1-6,8-10,21H,7H2,(H2,20,22). The first-order valence-corrected chi connectivity index (χ1v) is 6.98. The predicted octanol–water partition coefficient (Wildman–Crippen LogP) is 3.50. The molecule has 0 unspecified atom stereocenters. The molecule has 4 nitrogen and oxygen atoms in total. The van der Waals surface area contributed by atoms with Gasteiger partial charge in [0, 0.05) is 5.02 Å². The van der Waals surface area contributed by atoms with Gasteiger partial charge in [-0.05, 0) is 42.3 Å². The second kappa shape index (κ2) is 7.30. The van der Waals surface area contributed by atoms with Crippen molar-refractivity contribution in [3.05, 3.63) is 76.5 Å². The summed E-state index contributed by atoms with van der Waals surface area (Å²) < 4.78 is 0. The van der Waals surface area contributed by atoms with Gasteiger partial charge in [-0.1, -0.05) is 35.9 Å². The molecule has 2 aromatic carbocycles. The van der Waals surface area contributed by atoms with Gasteiger partial charge in [0.2, 0.25) is 0 Å². The summed E-state index contributed by atoms with van der Waals surface area (Å²) in [5.41, 5.74) is 7.55. The van der Waals surface area contributed by atoms with E-state index in [1.807, 2.05) is 12.1 Å². The first-order chi connectivity index (χ1) is 10.6. The summed E-state index contributed by atoms with van der Waals surface area (Å²) in [7, 11) is 0. The summed E-state index contributed by atoms with van der Waals surface area (Å²) >= 11 is 5.83. The van der Waals surface area contributed by atoms with Crippen LogP contribution in [-0.4, -0.2) is 5.91 Å². The summed E-state index contributed by atoms with van der Waals surface area (Å²) in [6.45, 7) is 0. The Balaban J connectivity index is 2.16. The van der Waals surface area contributed by atoms with Gasteiger partial charge >= 0.3 is 0 Å². The highest BCUT2D eigenvalue weighted by Gasteiger charge is 2.08. The summed E-state index contributed by atoms with van der Waals surface area (Å²) in [6.07, 6.45) is 2.33. The minimum Gasteiger partial charge on any atom is -0.366 e. The SMILES string of the molecule is N#CC(=CCc1ccc(Cl)cc1)Nc1ccccc1C(N)=O. The summed E-state index contributed by atoms with van der Waals surface area (Å²) in [6, 6.07) is 16.3. The van der Waals surface area contributed by atoms with E-state index >= 15 is 0 Å². The van der Waals surface area contributed by atoms with Gasteiger partial charge in [-0.3, -0.25) is 4.79 Å². The van der Waals surface area contributed by atoms with E-state index in [0.717, 1.165) is 5.56 Å². The summed E-state index contributed by atoms with van der Waals surface area (Å²) in [5.74, 6) is -0.543. The normalized spacial score (nSPS) is 10.8.